The maximum Gasteiger partial charge on any atom is 0.271 e. The molecule has 0 unspecified atom stereocenters. The molecule has 0 saturated carbocycles. The maximum absolute atomic E-state index is 14.0. The van der Waals surface area contributed by atoms with Crippen LogP contribution in [-0.4, -0.2) is 10.9 Å². The smallest absolute Gasteiger partial charge is 0.271 e. The topological polar surface area (TPSA) is 81.2 Å². The van der Waals surface area contributed by atoms with Crippen molar-refractivity contribution in [2.24, 2.45) is 0 Å². The van der Waals surface area contributed by atoms with Gasteiger partial charge in [-0.15, -0.1) is 0 Å². The number of rotatable bonds is 3. The number of hydrogen-bond donors (Lipinski definition) is 2. The molecule has 0 spiro atoms. The largest absolute Gasteiger partial charge is 0.467 e. The molecule has 106 valence electrons. The van der Waals surface area contributed by atoms with Crippen LogP contribution in [0.1, 0.15) is 16.2 Å². The zero-order valence-electron chi connectivity index (χ0n) is 11.0. The number of fused-ring (bicyclic) bond motifs is 1. The van der Waals surface area contributed by atoms with Crippen LogP contribution in [0.4, 0.5) is 10.1 Å². The lowest BCUT2D eigenvalue weighted by Crippen LogP contribution is -2.24. The molecule has 1 amide bonds. The van der Waals surface area contributed by atoms with Crippen molar-refractivity contribution < 1.29 is 13.6 Å². The molecule has 0 aliphatic carbocycles. The molecule has 3 aromatic rings. The van der Waals surface area contributed by atoms with Crippen LogP contribution in [0.3, 0.4) is 0 Å². The number of hydrogen-bond acceptors (Lipinski definition) is 4. The lowest BCUT2D eigenvalue weighted by Gasteiger charge is -2.08. The van der Waals surface area contributed by atoms with Gasteiger partial charge in [0.2, 0.25) is 0 Å². The fourth-order valence-electron chi connectivity index (χ4n) is 2.12. The summed E-state index contributed by atoms with van der Waals surface area (Å²) in [6, 6.07) is 7.72. The van der Waals surface area contributed by atoms with E-state index in [1.165, 1.54) is 24.6 Å². The van der Waals surface area contributed by atoms with E-state index in [9.17, 15) is 9.18 Å². The number of furan rings is 1. The lowest BCUT2D eigenvalue weighted by molar-refractivity contribution is 0.0944. The molecule has 0 aliphatic heterocycles. The Bertz CT molecular complexity index is 800. The van der Waals surface area contributed by atoms with E-state index in [1.54, 1.807) is 18.2 Å². The summed E-state index contributed by atoms with van der Waals surface area (Å²) in [6.07, 6.45) is 2.94. The Hall–Kier alpha value is -2.89. The van der Waals surface area contributed by atoms with Gasteiger partial charge in [-0.1, -0.05) is 0 Å². The Balaban J connectivity index is 1.96. The SMILES string of the molecule is Nc1ccc(F)c2c(C(=O)NCc3ccco3)nccc12. The van der Waals surface area contributed by atoms with Gasteiger partial charge >= 0.3 is 0 Å². The number of halogens is 1. The quantitative estimate of drug-likeness (QED) is 0.724. The third-order valence-corrected chi connectivity index (χ3v) is 3.13. The fourth-order valence-corrected chi connectivity index (χ4v) is 2.12. The van der Waals surface area contributed by atoms with E-state index >= 15 is 0 Å². The predicted molar refractivity (Wildman–Crippen MR) is 76.0 cm³/mol. The highest BCUT2D eigenvalue weighted by Gasteiger charge is 2.16. The van der Waals surface area contributed by atoms with Crippen LogP contribution in [-0.2, 0) is 6.54 Å². The molecule has 0 fully saturated rings. The highest BCUT2D eigenvalue weighted by molar-refractivity contribution is 6.08. The van der Waals surface area contributed by atoms with Gasteiger partial charge in [-0.3, -0.25) is 9.78 Å². The van der Waals surface area contributed by atoms with Crippen LogP contribution >= 0.6 is 0 Å². The highest BCUT2D eigenvalue weighted by Crippen LogP contribution is 2.25. The molecule has 0 radical (unpaired) electrons. The van der Waals surface area contributed by atoms with E-state index in [0.29, 0.717) is 16.8 Å². The molecule has 3 N–H and O–H groups in total. The van der Waals surface area contributed by atoms with Gasteiger partial charge in [0.1, 0.15) is 17.3 Å². The molecule has 3 rings (SSSR count). The molecular formula is C15H12FN3O2. The van der Waals surface area contributed by atoms with Crippen LogP contribution in [0, 0.1) is 5.82 Å². The average molecular weight is 285 g/mol. The third kappa shape index (κ3) is 2.43. The number of aromatic nitrogens is 1. The molecule has 2 aromatic heterocycles. The second-order valence-electron chi connectivity index (χ2n) is 4.48. The van der Waals surface area contributed by atoms with Crippen molar-refractivity contribution in [3.8, 4) is 0 Å². The number of nitrogens with zero attached hydrogens (tertiary/aromatic N) is 1. The minimum absolute atomic E-state index is 0.00357. The first-order valence-electron chi connectivity index (χ1n) is 6.30. The van der Waals surface area contributed by atoms with Crippen molar-refractivity contribution in [2.45, 2.75) is 6.54 Å². The van der Waals surface area contributed by atoms with E-state index in [0.717, 1.165) is 0 Å². The standard InChI is InChI=1S/C15H12FN3O2/c16-11-3-4-12(17)10-5-6-18-14(13(10)11)15(20)19-8-9-2-1-7-21-9/h1-7H,8,17H2,(H,19,20). The molecule has 0 bridgehead atoms. The van der Waals surface area contributed by atoms with Gasteiger partial charge in [0.25, 0.3) is 5.91 Å². The van der Waals surface area contributed by atoms with Crippen LogP contribution < -0.4 is 11.1 Å². The number of pyridine rings is 1. The van der Waals surface area contributed by atoms with Gasteiger partial charge in [-0.25, -0.2) is 4.39 Å². The van der Waals surface area contributed by atoms with E-state index < -0.39 is 11.7 Å². The van der Waals surface area contributed by atoms with Crippen molar-refractivity contribution in [3.63, 3.8) is 0 Å². The van der Waals surface area contributed by atoms with Gasteiger partial charge in [-0.05, 0) is 30.3 Å². The summed E-state index contributed by atoms with van der Waals surface area (Å²) in [4.78, 5) is 16.2. The number of carbonyl (C=O) groups excluding carboxylic acids is 1. The molecule has 5 nitrogen and oxygen atoms in total. The van der Waals surface area contributed by atoms with Crippen LogP contribution in [0.15, 0.2) is 47.2 Å². The van der Waals surface area contributed by atoms with Gasteiger partial charge in [0, 0.05) is 17.3 Å². The van der Waals surface area contributed by atoms with E-state index in [1.807, 2.05) is 0 Å². The summed E-state index contributed by atoms with van der Waals surface area (Å²) in [5, 5.41) is 3.22. The van der Waals surface area contributed by atoms with Gasteiger partial charge in [-0.2, -0.15) is 0 Å². The van der Waals surface area contributed by atoms with Gasteiger partial charge < -0.3 is 15.5 Å². The summed E-state index contributed by atoms with van der Waals surface area (Å²) in [6.45, 7) is 0.202. The summed E-state index contributed by atoms with van der Waals surface area (Å²) in [5.41, 5.74) is 6.20. The summed E-state index contributed by atoms with van der Waals surface area (Å²) in [7, 11) is 0. The first-order chi connectivity index (χ1) is 10.2. The van der Waals surface area contributed by atoms with Crippen molar-refractivity contribution in [1.29, 1.82) is 0 Å². The van der Waals surface area contributed by atoms with E-state index in [2.05, 4.69) is 10.3 Å². The third-order valence-electron chi connectivity index (χ3n) is 3.13. The lowest BCUT2D eigenvalue weighted by atomic mass is 10.1. The Morgan fingerprint density at radius 3 is 2.95 bits per heavy atom. The first-order valence-corrected chi connectivity index (χ1v) is 6.30. The molecule has 2 heterocycles. The molecule has 0 saturated heterocycles. The second-order valence-corrected chi connectivity index (χ2v) is 4.48. The van der Waals surface area contributed by atoms with Gasteiger partial charge in [0.05, 0.1) is 18.2 Å². The summed E-state index contributed by atoms with van der Waals surface area (Å²) in [5.74, 6) is -0.416. The Morgan fingerprint density at radius 2 is 2.19 bits per heavy atom. The summed E-state index contributed by atoms with van der Waals surface area (Å²) < 4.78 is 19.1. The minimum atomic E-state index is -0.532. The van der Waals surface area contributed by atoms with Crippen molar-refractivity contribution in [1.82, 2.24) is 10.3 Å². The first kappa shape index (κ1) is 13.1. The number of nitrogens with one attached hydrogen (secondary N) is 1. The highest BCUT2D eigenvalue weighted by atomic mass is 19.1. The summed E-state index contributed by atoms with van der Waals surface area (Å²) >= 11 is 0. The maximum atomic E-state index is 14.0. The normalized spacial score (nSPS) is 10.7. The van der Waals surface area contributed by atoms with Crippen molar-refractivity contribution >= 4 is 22.4 Å². The number of carbonyl (C=O) groups is 1. The van der Waals surface area contributed by atoms with Crippen LogP contribution in [0.5, 0.6) is 0 Å². The minimum Gasteiger partial charge on any atom is -0.467 e. The van der Waals surface area contributed by atoms with E-state index in [-0.39, 0.29) is 17.6 Å². The van der Waals surface area contributed by atoms with Crippen molar-refractivity contribution in [2.75, 3.05) is 5.73 Å². The monoisotopic (exact) mass is 285 g/mol. The number of benzene rings is 1. The number of amides is 1. The number of nitrogen functional groups attached to an aromatic ring is 1. The molecule has 1 aromatic carbocycles. The van der Waals surface area contributed by atoms with Crippen molar-refractivity contribution in [3.05, 3.63) is 60.1 Å². The zero-order chi connectivity index (χ0) is 14.8. The number of nitrogens with two attached hydrogens (primary N) is 1. The fraction of sp³-hybridized carbons (Fsp3) is 0.0667. The van der Waals surface area contributed by atoms with Crippen LogP contribution in [0.2, 0.25) is 0 Å². The zero-order valence-corrected chi connectivity index (χ0v) is 11.0. The molecule has 6 heteroatoms. The Kier molecular flexibility index (Phi) is 3.27. The predicted octanol–water partition coefficient (Wildman–Crippen LogP) is 2.48. The Morgan fingerprint density at radius 1 is 1.33 bits per heavy atom. The van der Waals surface area contributed by atoms with Crippen LogP contribution in [0.25, 0.3) is 10.8 Å². The second kappa shape index (κ2) is 5.24. The molecule has 21 heavy (non-hydrogen) atoms. The Labute approximate surface area is 119 Å². The van der Waals surface area contributed by atoms with Gasteiger partial charge in [0.15, 0.2) is 0 Å². The molecular weight excluding hydrogens is 273 g/mol. The van der Waals surface area contributed by atoms with E-state index in [4.69, 9.17) is 10.2 Å². The number of anilines is 1. The molecule has 0 atom stereocenters. The average Bonchev–Trinajstić information content (AvgIpc) is 3.01. The molecule has 0 aliphatic rings.